The molecule has 1 aliphatic rings. The summed E-state index contributed by atoms with van der Waals surface area (Å²) in [7, 11) is -0.707. The van der Waals surface area contributed by atoms with Crippen molar-refractivity contribution in [2.75, 3.05) is 0 Å². The van der Waals surface area contributed by atoms with Crippen LogP contribution in [0.5, 0.6) is 0 Å². The number of benzene rings is 1. The van der Waals surface area contributed by atoms with E-state index in [0.29, 0.717) is 5.46 Å². The Labute approximate surface area is 137 Å². The van der Waals surface area contributed by atoms with Gasteiger partial charge in [-0.2, -0.15) is 0 Å². The van der Waals surface area contributed by atoms with Crippen molar-refractivity contribution in [1.82, 2.24) is 5.32 Å². The predicted molar refractivity (Wildman–Crippen MR) is 89.3 cm³/mol. The molecular formula is C17H25BFNO3. The van der Waals surface area contributed by atoms with Crippen LogP contribution in [0.25, 0.3) is 0 Å². The van der Waals surface area contributed by atoms with Gasteiger partial charge in [-0.05, 0) is 66.1 Å². The van der Waals surface area contributed by atoms with Gasteiger partial charge in [0, 0.05) is 11.1 Å². The van der Waals surface area contributed by atoms with Crippen molar-refractivity contribution in [3.63, 3.8) is 0 Å². The van der Waals surface area contributed by atoms with Crippen LogP contribution in [0.15, 0.2) is 18.2 Å². The molecule has 1 saturated heterocycles. The fourth-order valence-corrected chi connectivity index (χ4v) is 2.31. The van der Waals surface area contributed by atoms with Gasteiger partial charge >= 0.3 is 7.12 Å². The Kier molecular flexibility index (Phi) is 4.37. The van der Waals surface area contributed by atoms with Crippen molar-refractivity contribution in [3.05, 3.63) is 29.6 Å². The van der Waals surface area contributed by atoms with E-state index in [-0.39, 0.29) is 11.5 Å². The summed E-state index contributed by atoms with van der Waals surface area (Å²) in [6.45, 7) is 13.4. The molecule has 0 aliphatic carbocycles. The monoisotopic (exact) mass is 321 g/mol. The zero-order chi connectivity index (χ0) is 17.6. The molecule has 0 bridgehead atoms. The smallest absolute Gasteiger partial charge is 0.399 e. The fraction of sp³-hybridized carbons (Fsp3) is 0.588. The Bertz CT molecular complexity index is 607. The molecule has 1 heterocycles. The standard InChI is InChI=1S/C17H25BFNO3/c1-15(2,3)20-14(21)12-10-11(19)8-9-13(12)18-22-16(4,5)17(6,7)23-18/h8-10H,1-7H3,(H,20,21). The quantitative estimate of drug-likeness (QED) is 0.852. The van der Waals surface area contributed by atoms with Crippen molar-refractivity contribution in [3.8, 4) is 0 Å². The van der Waals surface area contributed by atoms with Gasteiger partial charge in [-0.1, -0.05) is 6.07 Å². The molecule has 0 radical (unpaired) electrons. The summed E-state index contributed by atoms with van der Waals surface area (Å²) in [6.07, 6.45) is 0. The molecule has 0 saturated carbocycles. The molecular weight excluding hydrogens is 296 g/mol. The highest BCUT2D eigenvalue weighted by Gasteiger charge is 2.52. The largest absolute Gasteiger partial charge is 0.495 e. The molecule has 2 rings (SSSR count). The highest BCUT2D eigenvalue weighted by molar-refractivity contribution is 6.63. The maximum atomic E-state index is 13.7. The molecule has 1 fully saturated rings. The normalized spacial score (nSPS) is 19.7. The van der Waals surface area contributed by atoms with Crippen LogP contribution in [0, 0.1) is 5.82 Å². The highest BCUT2D eigenvalue weighted by Crippen LogP contribution is 2.36. The lowest BCUT2D eigenvalue weighted by Gasteiger charge is -2.32. The Hall–Kier alpha value is -1.40. The lowest BCUT2D eigenvalue weighted by atomic mass is 9.75. The minimum absolute atomic E-state index is 0.235. The number of carbonyl (C=O) groups is 1. The molecule has 1 aliphatic heterocycles. The van der Waals surface area contributed by atoms with Gasteiger partial charge in [0.25, 0.3) is 5.91 Å². The summed E-state index contributed by atoms with van der Waals surface area (Å²) in [5.74, 6) is -0.814. The SMILES string of the molecule is CC(C)(C)NC(=O)c1cc(F)ccc1B1OC(C)(C)C(C)(C)O1. The van der Waals surface area contributed by atoms with Crippen LogP contribution >= 0.6 is 0 Å². The Morgan fingerprint density at radius 1 is 1.13 bits per heavy atom. The molecule has 1 aromatic carbocycles. The minimum atomic E-state index is -0.707. The maximum Gasteiger partial charge on any atom is 0.495 e. The molecule has 1 amide bonds. The number of rotatable bonds is 2. The average Bonchev–Trinajstić information content (AvgIpc) is 2.56. The van der Waals surface area contributed by atoms with Gasteiger partial charge in [-0.3, -0.25) is 4.79 Å². The Morgan fingerprint density at radius 2 is 1.65 bits per heavy atom. The average molecular weight is 321 g/mol. The number of hydrogen-bond acceptors (Lipinski definition) is 3. The molecule has 1 N–H and O–H groups in total. The van der Waals surface area contributed by atoms with E-state index < -0.39 is 29.7 Å². The fourth-order valence-electron chi connectivity index (χ4n) is 2.31. The summed E-state index contributed by atoms with van der Waals surface area (Å²) in [4.78, 5) is 12.5. The maximum absolute atomic E-state index is 13.7. The second kappa shape index (κ2) is 5.60. The summed E-state index contributed by atoms with van der Waals surface area (Å²) >= 11 is 0. The van der Waals surface area contributed by atoms with Gasteiger partial charge in [-0.25, -0.2) is 4.39 Å². The molecule has 4 nitrogen and oxygen atoms in total. The van der Waals surface area contributed by atoms with E-state index >= 15 is 0 Å². The topological polar surface area (TPSA) is 47.6 Å². The third-order valence-corrected chi connectivity index (χ3v) is 4.26. The second-order valence-corrected chi connectivity index (χ2v) is 8.02. The lowest BCUT2D eigenvalue weighted by Crippen LogP contribution is -2.45. The van der Waals surface area contributed by atoms with Crippen LogP contribution in [0.3, 0.4) is 0 Å². The summed E-state index contributed by atoms with van der Waals surface area (Å²) in [5.41, 5.74) is -0.699. The Balaban J connectivity index is 2.39. The van der Waals surface area contributed by atoms with E-state index in [4.69, 9.17) is 9.31 Å². The number of carbonyl (C=O) groups excluding carboxylic acids is 1. The van der Waals surface area contributed by atoms with E-state index in [9.17, 15) is 9.18 Å². The zero-order valence-corrected chi connectivity index (χ0v) is 14.9. The highest BCUT2D eigenvalue weighted by atomic mass is 19.1. The molecule has 0 aromatic heterocycles. The van der Waals surface area contributed by atoms with Gasteiger partial charge in [0.15, 0.2) is 0 Å². The molecule has 6 heteroatoms. The zero-order valence-electron chi connectivity index (χ0n) is 14.9. The van der Waals surface area contributed by atoms with E-state index in [1.54, 1.807) is 6.07 Å². The van der Waals surface area contributed by atoms with E-state index in [2.05, 4.69) is 5.32 Å². The van der Waals surface area contributed by atoms with E-state index in [1.807, 2.05) is 48.5 Å². The first-order chi connectivity index (χ1) is 10.3. The van der Waals surface area contributed by atoms with Gasteiger partial charge < -0.3 is 14.6 Å². The van der Waals surface area contributed by atoms with Crippen molar-refractivity contribution in [2.24, 2.45) is 0 Å². The van der Waals surface area contributed by atoms with Gasteiger partial charge in [0.05, 0.1) is 11.2 Å². The van der Waals surface area contributed by atoms with Crippen LogP contribution in [0.2, 0.25) is 0 Å². The Morgan fingerprint density at radius 3 is 2.13 bits per heavy atom. The van der Waals surface area contributed by atoms with Gasteiger partial charge in [0.2, 0.25) is 0 Å². The molecule has 0 spiro atoms. The van der Waals surface area contributed by atoms with Crippen LogP contribution in [0.4, 0.5) is 4.39 Å². The molecule has 0 unspecified atom stereocenters. The summed E-state index contributed by atoms with van der Waals surface area (Å²) < 4.78 is 25.6. The predicted octanol–water partition coefficient (Wildman–Crippen LogP) is 2.65. The molecule has 126 valence electrons. The van der Waals surface area contributed by atoms with Crippen molar-refractivity contribution < 1.29 is 18.5 Å². The van der Waals surface area contributed by atoms with Gasteiger partial charge in [-0.15, -0.1) is 0 Å². The van der Waals surface area contributed by atoms with Crippen LogP contribution < -0.4 is 10.8 Å². The van der Waals surface area contributed by atoms with Crippen LogP contribution in [-0.2, 0) is 9.31 Å². The molecule has 1 aromatic rings. The third kappa shape index (κ3) is 3.75. The number of amides is 1. The lowest BCUT2D eigenvalue weighted by molar-refractivity contribution is 0.00578. The van der Waals surface area contributed by atoms with E-state index in [1.165, 1.54) is 12.1 Å². The third-order valence-electron chi connectivity index (χ3n) is 4.26. The van der Waals surface area contributed by atoms with Crippen LogP contribution in [0.1, 0.15) is 58.8 Å². The first-order valence-electron chi connectivity index (χ1n) is 7.80. The molecule has 23 heavy (non-hydrogen) atoms. The summed E-state index contributed by atoms with van der Waals surface area (Å²) in [5, 5.41) is 2.85. The second-order valence-electron chi connectivity index (χ2n) is 8.02. The van der Waals surface area contributed by atoms with Crippen molar-refractivity contribution in [2.45, 2.75) is 65.2 Å². The van der Waals surface area contributed by atoms with E-state index in [0.717, 1.165) is 0 Å². The van der Waals surface area contributed by atoms with Crippen LogP contribution in [-0.4, -0.2) is 29.8 Å². The number of hydrogen-bond donors (Lipinski definition) is 1. The molecule has 0 atom stereocenters. The van der Waals surface area contributed by atoms with Crippen molar-refractivity contribution in [1.29, 1.82) is 0 Å². The number of halogens is 1. The van der Waals surface area contributed by atoms with Gasteiger partial charge in [0.1, 0.15) is 5.82 Å². The number of nitrogens with one attached hydrogen (secondary N) is 1. The summed E-state index contributed by atoms with van der Waals surface area (Å²) in [6, 6.07) is 4.09. The first-order valence-corrected chi connectivity index (χ1v) is 7.80. The van der Waals surface area contributed by atoms with Crippen molar-refractivity contribution >= 4 is 18.5 Å². The first kappa shape index (κ1) is 18.0. The minimum Gasteiger partial charge on any atom is -0.399 e.